The molecule has 2 aliphatic rings. The second kappa shape index (κ2) is 9.94. The predicted octanol–water partition coefficient (Wildman–Crippen LogP) is 4.60. The molecule has 0 saturated heterocycles. The Morgan fingerprint density at radius 3 is 2.59 bits per heavy atom. The number of rotatable bonds is 10. The van der Waals surface area contributed by atoms with Gasteiger partial charge in [-0.15, -0.1) is 11.3 Å². The summed E-state index contributed by atoms with van der Waals surface area (Å²) in [4.78, 5) is 31.2. The van der Waals surface area contributed by atoms with E-state index < -0.39 is 0 Å². The van der Waals surface area contributed by atoms with Crippen molar-refractivity contribution in [1.29, 1.82) is 0 Å². The van der Waals surface area contributed by atoms with Crippen molar-refractivity contribution >= 4 is 23.2 Å². The molecule has 2 aromatic rings. The predicted molar refractivity (Wildman–Crippen MR) is 125 cm³/mol. The molecule has 6 nitrogen and oxygen atoms in total. The first-order valence-corrected chi connectivity index (χ1v) is 12.3. The van der Waals surface area contributed by atoms with Gasteiger partial charge in [-0.25, -0.2) is 0 Å². The van der Waals surface area contributed by atoms with Gasteiger partial charge in [0.15, 0.2) is 11.5 Å². The zero-order valence-electron chi connectivity index (χ0n) is 19.1. The quantitative estimate of drug-likeness (QED) is 0.524. The lowest BCUT2D eigenvalue weighted by molar-refractivity contribution is -0.142. The zero-order chi connectivity index (χ0) is 22.7. The van der Waals surface area contributed by atoms with E-state index in [0.717, 1.165) is 30.6 Å². The first kappa shape index (κ1) is 22.6. The molecule has 1 aliphatic carbocycles. The fraction of sp³-hybridized carbons (Fsp3) is 0.520. The molecule has 1 saturated carbocycles. The van der Waals surface area contributed by atoms with Gasteiger partial charge in [0.2, 0.25) is 18.6 Å². The van der Waals surface area contributed by atoms with Gasteiger partial charge in [-0.2, -0.15) is 0 Å². The number of carbonyl (C=O) groups is 2. The Bertz CT molecular complexity index is 969. The molecular weight excluding hydrogens is 424 g/mol. The Kier molecular flexibility index (Phi) is 7.04. The molecule has 1 aromatic carbocycles. The van der Waals surface area contributed by atoms with E-state index in [-0.39, 0.29) is 31.1 Å². The van der Waals surface area contributed by atoms with Crippen LogP contribution in [0.15, 0.2) is 29.6 Å². The molecule has 1 fully saturated rings. The third kappa shape index (κ3) is 5.44. The number of carbonyl (C=O) groups excluding carboxylic acids is 2. The van der Waals surface area contributed by atoms with Crippen LogP contribution >= 0.6 is 11.3 Å². The summed E-state index contributed by atoms with van der Waals surface area (Å²) in [5, 5.41) is 2.06. The van der Waals surface area contributed by atoms with Crippen LogP contribution in [0, 0.1) is 18.8 Å². The molecule has 32 heavy (non-hydrogen) atoms. The van der Waals surface area contributed by atoms with E-state index in [2.05, 4.69) is 32.2 Å². The third-order valence-electron chi connectivity index (χ3n) is 6.26. The van der Waals surface area contributed by atoms with Gasteiger partial charge < -0.3 is 19.3 Å². The number of fused-ring (bicyclic) bond motifs is 1. The van der Waals surface area contributed by atoms with Gasteiger partial charge in [0.25, 0.3) is 0 Å². The van der Waals surface area contributed by atoms with Gasteiger partial charge in [0.1, 0.15) is 0 Å². The monoisotopic (exact) mass is 456 g/mol. The van der Waals surface area contributed by atoms with E-state index in [1.807, 2.05) is 23.1 Å². The van der Waals surface area contributed by atoms with E-state index >= 15 is 0 Å². The molecular formula is C25H32N2O4S. The number of aryl methyl sites for hydroxylation is 1. The van der Waals surface area contributed by atoms with Crippen LogP contribution in [-0.4, -0.2) is 41.5 Å². The molecule has 0 bridgehead atoms. The summed E-state index contributed by atoms with van der Waals surface area (Å²) < 4.78 is 10.9. The smallest absolute Gasteiger partial charge is 0.242 e. The highest BCUT2D eigenvalue weighted by Crippen LogP contribution is 2.34. The zero-order valence-corrected chi connectivity index (χ0v) is 20.0. The number of benzene rings is 1. The number of ether oxygens (including phenoxy) is 2. The van der Waals surface area contributed by atoms with Gasteiger partial charge in [0.05, 0.1) is 13.1 Å². The number of nitrogens with zero attached hydrogens (tertiary/aromatic N) is 2. The van der Waals surface area contributed by atoms with Crippen molar-refractivity contribution in [2.45, 2.75) is 53.1 Å². The van der Waals surface area contributed by atoms with Crippen molar-refractivity contribution in [3.05, 3.63) is 45.6 Å². The van der Waals surface area contributed by atoms with Crippen LogP contribution in [0.1, 0.15) is 49.1 Å². The summed E-state index contributed by atoms with van der Waals surface area (Å²) in [7, 11) is 0. The lowest BCUT2D eigenvalue weighted by Gasteiger charge is -2.29. The van der Waals surface area contributed by atoms with Crippen LogP contribution < -0.4 is 9.47 Å². The minimum Gasteiger partial charge on any atom is -0.454 e. The highest BCUT2D eigenvalue weighted by atomic mass is 32.1. The van der Waals surface area contributed by atoms with Crippen LogP contribution in [-0.2, 0) is 22.7 Å². The molecule has 0 radical (unpaired) electrons. The average molecular weight is 457 g/mol. The lowest BCUT2D eigenvalue weighted by Crippen LogP contribution is -2.44. The van der Waals surface area contributed by atoms with E-state index in [1.54, 1.807) is 16.2 Å². The summed E-state index contributed by atoms with van der Waals surface area (Å²) in [6.45, 7) is 8.31. The molecule has 4 rings (SSSR count). The van der Waals surface area contributed by atoms with Crippen LogP contribution in [0.5, 0.6) is 11.5 Å². The Labute approximate surface area is 194 Å². The molecule has 1 aromatic heterocycles. The van der Waals surface area contributed by atoms with Gasteiger partial charge in [-0.05, 0) is 60.4 Å². The van der Waals surface area contributed by atoms with E-state index in [9.17, 15) is 9.59 Å². The van der Waals surface area contributed by atoms with Crippen LogP contribution in [0.25, 0.3) is 0 Å². The van der Waals surface area contributed by atoms with Crippen LogP contribution in [0.2, 0.25) is 0 Å². The summed E-state index contributed by atoms with van der Waals surface area (Å²) in [5.74, 6) is 2.03. The minimum atomic E-state index is -0.0206. The fourth-order valence-corrected chi connectivity index (χ4v) is 4.74. The number of hydrogen-bond donors (Lipinski definition) is 0. The van der Waals surface area contributed by atoms with Gasteiger partial charge in [-0.3, -0.25) is 9.59 Å². The van der Waals surface area contributed by atoms with Crippen molar-refractivity contribution in [3.63, 3.8) is 0 Å². The molecule has 2 heterocycles. The van der Waals surface area contributed by atoms with Crippen LogP contribution in [0.3, 0.4) is 0 Å². The number of thiophene rings is 1. The van der Waals surface area contributed by atoms with Crippen molar-refractivity contribution < 1.29 is 19.1 Å². The fourth-order valence-electron chi connectivity index (χ4n) is 3.82. The SMILES string of the molecule is CC[C@H](C)CN(CC(=O)N(Cc1ccc2c(c1)OCO2)Cc1sccc1C)C(=O)C1CC1. The maximum atomic E-state index is 13.5. The summed E-state index contributed by atoms with van der Waals surface area (Å²) >= 11 is 1.66. The molecule has 1 aliphatic heterocycles. The second-order valence-electron chi connectivity index (χ2n) is 8.97. The maximum absolute atomic E-state index is 13.5. The molecule has 1 atom stereocenters. The molecule has 0 N–H and O–H groups in total. The molecule has 0 unspecified atom stereocenters. The topological polar surface area (TPSA) is 59.1 Å². The van der Waals surface area contributed by atoms with Crippen LogP contribution in [0.4, 0.5) is 0 Å². The van der Waals surface area contributed by atoms with Crippen molar-refractivity contribution in [3.8, 4) is 11.5 Å². The molecule has 7 heteroatoms. The average Bonchev–Trinajstić information content (AvgIpc) is 3.40. The Morgan fingerprint density at radius 1 is 1.12 bits per heavy atom. The van der Waals surface area contributed by atoms with Gasteiger partial charge >= 0.3 is 0 Å². The van der Waals surface area contributed by atoms with Crippen molar-refractivity contribution in [1.82, 2.24) is 9.80 Å². The highest BCUT2D eigenvalue weighted by Gasteiger charge is 2.35. The van der Waals surface area contributed by atoms with E-state index in [1.165, 1.54) is 10.4 Å². The largest absolute Gasteiger partial charge is 0.454 e. The normalized spacial score (nSPS) is 15.5. The van der Waals surface area contributed by atoms with Gasteiger partial charge in [0, 0.05) is 23.9 Å². The summed E-state index contributed by atoms with van der Waals surface area (Å²) in [6.07, 6.45) is 2.87. The minimum absolute atomic E-state index is 0.0206. The lowest BCUT2D eigenvalue weighted by atomic mass is 10.1. The maximum Gasteiger partial charge on any atom is 0.242 e. The Morgan fingerprint density at radius 2 is 1.91 bits per heavy atom. The number of amides is 2. The Hall–Kier alpha value is -2.54. The Balaban J connectivity index is 1.52. The first-order valence-electron chi connectivity index (χ1n) is 11.4. The van der Waals surface area contributed by atoms with Crippen molar-refractivity contribution in [2.24, 2.45) is 11.8 Å². The molecule has 172 valence electrons. The van der Waals surface area contributed by atoms with E-state index in [4.69, 9.17) is 9.47 Å². The van der Waals surface area contributed by atoms with Gasteiger partial charge in [-0.1, -0.05) is 26.3 Å². The number of hydrogen-bond acceptors (Lipinski definition) is 5. The first-order chi connectivity index (χ1) is 15.4. The molecule has 0 spiro atoms. The molecule has 2 amide bonds. The highest BCUT2D eigenvalue weighted by molar-refractivity contribution is 7.10. The van der Waals surface area contributed by atoms with E-state index in [0.29, 0.717) is 31.3 Å². The second-order valence-corrected chi connectivity index (χ2v) is 9.97. The standard InChI is InChI=1S/C25H32N2O4S/c1-4-17(2)12-27(25(29)20-6-7-20)15-24(28)26(14-23-18(3)9-10-32-23)13-19-5-8-21-22(11-19)31-16-30-21/h5,8-11,17,20H,4,6-7,12-16H2,1-3H3/t17-/m0/s1. The summed E-state index contributed by atoms with van der Waals surface area (Å²) in [6, 6.07) is 7.88. The summed E-state index contributed by atoms with van der Waals surface area (Å²) in [5.41, 5.74) is 2.17. The van der Waals surface area contributed by atoms with Crippen molar-refractivity contribution in [2.75, 3.05) is 19.9 Å². The third-order valence-corrected chi connectivity index (χ3v) is 7.27.